The fraction of sp³-hybridized carbons (Fsp3) is 0.217. The topological polar surface area (TPSA) is 73.0 Å². The number of hydrogen-bond donors (Lipinski definition) is 0. The van der Waals surface area contributed by atoms with Gasteiger partial charge in [0.15, 0.2) is 5.52 Å². The smallest absolute Gasteiger partial charge is 0.295 e. The molecule has 5 rings (SSSR count). The number of benzene rings is 2. The van der Waals surface area contributed by atoms with Crippen LogP contribution >= 0.6 is 0 Å². The summed E-state index contributed by atoms with van der Waals surface area (Å²) in [5, 5.41) is 9.74. The number of aryl methyl sites for hydroxylation is 2. The summed E-state index contributed by atoms with van der Waals surface area (Å²) in [5.41, 5.74) is 4.45. The maximum Gasteiger partial charge on any atom is 0.295 e. The second-order valence-corrected chi connectivity index (χ2v) is 7.53. The Morgan fingerprint density at radius 2 is 1.73 bits per heavy atom. The summed E-state index contributed by atoms with van der Waals surface area (Å²) in [7, 11) is 0. The van der Waals surface area contributed by atoms with Crippen LogP contribution in [0.2, 0.25) is 0 Å². The average Bonchev–Trinajstić information content (AvgIpc) is 3.34. The fourth-order valence-electron chi connectivity index (χ4n) is 4.22. The van der Waals surface area contributed by atoms with Crippen LogP contribution in [0.3, 0.4) is 0 Å². The van der Waals surface area contributed by atoms with Gasteiger partial charge in [0.2, 0.25) is 5.91 Å². The van der Waals surface area contributed by atoms with E-state index >= 15 is 0 Å². The van der Waals surface area contributed by atoms with Gasteiger partial charge in [0.25, 0.3) is 5.56 Å². The highest BCUT2D eigenvalue weighted by Gasteiger charge is 2.26. The highest BCUT2D eigenvalue weighted by atomic mass is 16.2. The van der Waals surface area contributed by atoms with Crippen LogP contribution in [0, 0.1) is 13.8 Å². The predicted molar refractivity (Wildman–Crippen MR) is 115 cm³/mol. The zero-order chi connectivity index (χ0) is 20.8. The van der Waals surface area contributed by atoms with E-state index in [0.717, 1.165) is 34.4 Å². The van der Waals surface area contributed by atoms with E-state index in [1.807, 2.05) is 68.4 Å². The monoisotopic (exact) mass is 399 g/mol. The molecule has 0 saturated heterocycles. The molecule has 0 atom stereocenters. The first-order valence-electron chi connectivity index (χ1n) is 9.95. The van der Waals surface area contributed by atoms with E-state index in [1.54, 1.807) is 9.58 Å². The molecule has 150 valence electrons. The van der Waals surface area contributed by atoms with Crippen molar-refractivity contribution < 1.29 is 4.79 Å². The number of fused-ring (bicyclic) bond motifs is 2. The van der Waals surface area contributed by atoms with Crippen LogP contribution in [0.15, 0.2) is 59.4 Å². The lowest BCUT2D eigenvalue weighted by Crippen LogP contribution is -2.36. The van der Waals surface area contributed by atoms with Gasteiger partial charge in [-0.3, -0.25) is 9.59 Å². The minimum Gasteiger partial charge on any atom is -0.310 e. The molecule has 1 aliphatic rings. The third-order valence-electron chi connectivity index (χ3n) is 5.66. The first-order chi connectivity index (χ1) is 14.5. The summed E-state index contributed by atoms with van der Waals surface area (Å²) < 4.78 is 2.99. The Bertz CT molecular complexity index is 1340. The standard InChI is InChI=1S/C23H21N5O2/c1-15-21-16(2)28(18-9-4-3-5-10-18)25-22(21)23(30)27(24-15)14-20(29)26-13-12-17-8-6-7-11-19(17)26/h3-11H,12-14H2,1-2H3. The van der Waals surface area contributed by atoms with E-state index in [1.165, 1.54) is 4.68 Å². The molecule has 7 nitrogen and oxygen atoms in total. The van der Waals surface area contributed by atoms with Crippen LogP contribution in [0.4, 0.5) is 5.69 Å². The molecular formula is C23H21N5O2. The van der Waals surface area contributed by atoms with E-state index in [4.69, 9.17) is 0 Å². The van der Waals surface area contributed by atoms with Crippen molar-refractivity contribution in [2.24, 2.45) is 0 Å². The Balaban J connectivity index is 1.54. The molecule has 3 heterocycles. The first kappa shape index (κ1) is 18.3. The number of anilines is 1. The van der Waals surface area contributed by atoms with Crippen molar-refractivity contribution in [1.82, 2.24) is 19.6 Å². The van der Waals surface area contributed by atoms with Crippen molar-refractivity contribution in [2.45, 2.75) is 26.8 Å². The maximum atomic E-state index is 13.1. The van der Waals surface area contributed by atoms with Crippen LogP contribution in [-0.4, -0.2) is 32.0 Å². The van der Waals surface area contributed by atoms with Crippen LogP contribution < -0.4 is 10.5 Å². The van der Waals surface area contributed by atoms with Gasteiger partial charge in [-0.1, -0.05) is 36.4 Å². The Morgan fingerprint density at radius 1 is 1.00 bits per heavy atom. The van der Waals surface area contributed by atoms with Crippen molar-refractivity contribution in [3.63, 3.8) is 0 Å². The third kappa shape index (κ3) is 2.82. The molecule has 0 fully saturated rings. The van der Waals surface area contributed by atoms with Crippen molar-refractivity contribution in [3.8, 4) is 5.69 Å². The van der Waals surface area contributed by atoms with Crippen molar-refractivity contribution in [1.29, 1.82) is 0 Å². The number of carbonyl (C=O) groups excluding carboxylic acids is 1. The van der Waals surface area contributed by atoms with Crippen LogP contribution in [-0.2, 0) is 17.8 Å². The molecule has 2 aromatic carbocycles. The lowest BCUT2D eigenvalue weighted by molar-refractivity contribution is -0.119. The van der Waals surface area contributed by atoms with Gasteiger partial charge in [-0.05, 0) is 44.0 Å². The number of aromatic nitrogens is 4. The lowest BCUT2D eigenvalue weighted by Gasteiger charge is -2.17. The minimum atomic E-state index is -0.353. The molecule has 7 heteroatoms. The molecule has 0 aliphatic carbocycles. The zero-order valence-electron chi connectivity index (χ0n) is 16.9. The highest BCUT2D eigenvalue weighted by molar-refractivity contribution is 5.95. The highest BCUT2D eigenvalue weighted by Crippen LogP contribution is 2.27. The summed E-state index contributed by atoms with van der Waals surface area (Å²) in [4.78, 5) is 27.8. The summed E-state index contributed by atoms with van der Waals surface area (Å²) >= 11 is 0. The molecule has 0 N–H and O–H groups in total. The van der Waals surface area contributed by atoms with Gasteiger partial charge in [-0.15, -0.1) is 0 Å². The second-order valence-electron chi connectivity index (χ2n) is 7.53. The van der Waals surface area contributed by atoms with Gasteiger partial charge in [0.05, 0.1) is 22.5 Å². The number of nitrogens with zero attached hydrogens (tertiary/aromatic N) is 5. The van der Waals surface area contributed by atoms with Crippen molar-refractivity contribution in [3.05, 3.63) is 81.9 Å². The van der Waals surface area contributed by atoms with E-state index in [-0.39, 0.29) is 18.0 Å². The zero-order valence-corrected chi connectivity index (χ0v) is 16.9. The number of hydrogen-bond acceptors (Lipinski definition) is 4. The first-order valence-corrected chi connectivity index (χ1v) is 9.95. The molecule has 0 bridgehead atoms. The molecular weight excluding hydrogens is 378 g/mol. The van der Waals surface area contributed by atoms with Gasteiger partial charge in [0, 0.05) is 12.2 Å². The summed E-state index contributed by atoms with van der Waals surface area (Å²) in [6.45, 7) is 4.28. The quantitative estimate of drug-likeness (QED) is 0.531. The molecule has 1 amide bonds. The lowest BCUT2D eigenvalue weighted by atomic mass is 10.2. The van der Waals surface area contributed by atoms with Crippen LogP contribution in [0.5, 0.6) is 0 Å². The van der Waals surface area contributed by atoms with Gasteiger partial charge < -0.3 is 4.90 Å². The number of amides is 1. The summed E-state index contributed by atoms with van der Waals surface area (Å²) in [5.74, 6) is -0.146. The molecule has 0 saturated carbocycles. The fourth-order valence-corrected chi connectivity index (χ4v) is 4.22. The molecule has 0 unspecified atom stereocenters. The van der Waals surface area contributed by atoms with Gasteiger partial charge in [-0.25, -0.2) is 9.36 Å². The summed E-state index contributed by atoms with van der Waals surface area (Å²) in [6, 6.07) is 17.5. The largest absolute Gasteiger partial charge is 0.310 e. The number of rotatable bonds is 3. The molecule has 0 spiro atoms. The average molecular weight is 399 g/mol. The Labute approximate surface area is 173 Å². The van der Waals surface area contributed by atoms with E-state index in [9.17, 15) is 9.59 Å². The molecule has 0 radical (unpaired) electrons. The number of carbonyl (C=O) groups is 1. The minimum absolute atomic E-state index is 0.110. The van der Waals surface area contributed by atoms with E-state index in [2.05, 4.69) is 10.2 Å². The molecule has 30 heavy (non-hydrogen) atoms. The Hall–Kier alpha value is -3.74. The summed E-state index contributed by atoms with van der Waals surface area (Å²) in [6.07, 6.45) is 0.822. The van der Waals surface area contributed by atoms with E-state index < -0.39 is 0 Å². The Kier molecular flexibility index (Phi) is 4.24. The van der Waals surface area contributed by atoms with E-state index in [0.29, 0.717) is 17.8 Å². The van der Waals surface area contributed by atoms with Crippen molar-refractivity contribution >= 4 is 22.5 Å². The van der Waals surface area contributed by atoms with Crippen LogP contribution in [0.25, 0.3) is 16.6 Å². The second kappa shape index (κ2) is 6.95. The molecule has 1 aliphatic heterocycles. The van der Waals surface area contributed by atoms with Crippen molar-refractivity contribution in [2.75, 3.05) is 11.4 Å². The van der Waals surface area contributed by atoms with Gasteiger partial charge >= 0.3 is 0 Å². The van der Waals surface area contributed by atoms with Gasteiger partial charge in [-0.2, -0.15) is 10.2 Å². The maximum absolute atomic E-state index is 13.1. The van der Waals surface area contributed by atoms with Gasteiger partial charge in [0.1, 0.15) is 6.54 Å². The molecule has 4 aromatic rings. The predicted octanol–water partition coefficient (Wildman–Crippen LogP) is 2.79. The third-order valence-corrected chi connectivity index (χ3v) is 5.66. The normalized spacial score (nSPS) is 13.1. The van der Waals surface area contributed by atoms with Crippen LogP contribution in [0.1, 0.15) is 17.0 Å². The SMILES string of the molecule is Cc1nn(CC(=O)N2CCc3ccccc32)c(=O)c2nn(-c3ccccc3)c(C)c12. The number of para-hydroxylation sites is 2. The Morgan fingerprint density at radius 3 is 2.53 bits per heavy atom. The molecule has 2 aromatic heterocycles.